The third-order valence-electron chi connectivity index (χ3n) is 6.91. The number of rotatable bonds is 10. The monoisotopic (exact) mass is 525 g/mol. The number of anilines is 1. The maximum absolute atomic E-state index is 13.3. The van der Waals surface area contributed by atoms with Crippen LogP contribution in [0.15, 0.2) is 35.5 Å². The molecule has 3 aromatic rings. The molecule has 0 bridgehead atoms. The van der Waals surface area contributed by atoms with E-state index in [1.54, 1.807) is 16.4 Å². The van der Waals surface area contributed by atoms with Gasteiger partial charge in [-0.1, -0.05) is 54.2 Å². The van der Waals surface area contributed by atoms with Crippen molar-refractivity contribution in [3.05, 3.63) is 35.9 Å². The molecule has 10 nitrogen and oxygen atoms in total. The number of hydrogen-bond donors (Lipinski definition) is 4. The average molecular weight is 526 g/mol. The summed E-state index contributed by atoms with van der Waals surface area (Å²) < 4.78 is 1.56. The minimum absolute atomic E-state index is 0.223. The van der Waals surface area contributed by atoms with Crippen molar-refractivity contribution >= 4 is 34.7 Å². The molecule has 0 saturated heterocycles. The molecule has 37 heavy (non-hydrogen) atoms. The number of nitrogens with zero attached hydrogens (tertiary/aromatic N) is 5. The van der Waals surface area contributed by atoms with Crippen LogP contribution in [-0.4, -0.2) is 70.6 Å². The third kappa shape index (κ3) is 5.73. The Hall–Kier alpha value is -2.76. The molecule has 2 saturated carbocycles. The molecule has 4 atom stereocenters. The molecule has 2 fully saturated rings. The first kappa shape index (κ1) is 25.9. The van der Waals surface area contributed by atoms with Gasteiger partial charge >= 0.3 is 0 Å². The van der Waals surface area contributed by atoms with E-state index in [0.29, 0.717) is 34.6 Å². The first-order valence-electron chi connectivity index (χ1n) is 13.0. The lowest BCUT2D eigenvalue weighted by molar-refractivity contribution is -0.130. The van der Waals surface area contributed by atoms with E-state index in [0.717, 1.165) is 30.6 Å². The molecule has 198 valence electrons. The fourth-order valence-electron chi connectivity index (χ4n) is 4.90. The van der Waals surface area contributed by atoms with Gasteiger partial charge in [-0.2, -0.15) is 0 Å². The Morgan fingerprint density at radius 1 is 1.16 bits per heavy atom. The molecular weight excluding hydrogens is 490 g/mol. The number of carbonyl (C=O) groups is 1. The minimum Gasteiger partial charge on any atom is -0.390 e. The molecule has 2 heterocycles. The van der Waals surface area contributed by atoms with Crippen molar-refractivity contribution in [2.75, 3.05) is 11.1 Å². The number of amides is 1. The summed E-state index contributed by atoms with van der Waals surface area (Å²) in [5.41, 5.74) is 1.62. The van der Waals surface area contributed by atoms with Crippen LogP contribution in [0.25, 0.3) is 11.2 Å². The largest absolute Gasteiger partial charge is 0.390 e. The van der Waals surface area contributed by atoms with Gasteiger partial charge in [-0.15, -0.1) is 5.10 Å². The van der Waals surface area contributed by atoms with Crippen LogP contribution in [0.4, 0.5) is 5.82 Å². The molecule has 1 aromatic carbocycles. The summed E-state index contributed by atoms with van der Waals surface area (Å²) in [6.45, 7) is 6.01. The highest BCUT2D eigenvalue weighted by molar-refractivity contribution is 7.99. The molecule has 11 heteroatoms. The predicted molar refractivity (Wildman–Crippen MR) is 142 cm³/mol. The third-order valence-corrected chi connectivity index (χ3v) is 7.96. The number of nitrogens with one attached hydrogen (secondary N) is 2. The highest BCUT2D eigenvalue weighted by Gasteiger charge is 2.48. The van der Waals surface area contributed by atoms with Crippen molar-refractivity contribution in [3.8, 4) is 0 Å². The van der Waals surface area contributed by atoms with Crippen LogP contribution < -0.4 is 10.6 Å². The van der Waals surface area contributed by atoms with Gasteiger partial charge in [0.2, 0.25) is 5.91 Å². The van der Waals surface area contributed by atoms with E-state index in [9.17, 15) is 15.0 Å². The number of benzene rings is 1. The maximum Gasteiger partial charge on any atom is 0.226 e. The Kier molecular flexibility index (Phi) is 7.37. The quantitative estimate of drug-likeness (QED) is 0.232. The predicted octanol–water partition coefficient (Wildman–Crippen LogP) is 2.72. The van der Waals surface area contributed by atoms with E-state index in [-0.39, 0.29) is 12.3 Å². The van der Waals surface area contributed by atoms with Crippen LogP contribution in [0.2, 0.25) is 0 Å². The Balaban J connectivity index is 1.37. The SMILES string of the molecule is CCCSc1nc(NC2CC2)c2nnn([C@@H]3C[C@@H](C(=O)NC(C)(C)Cc4ccccc4)[C@@H](O)[C@H]3O)c2n1. The van der Waals surface area contributed by atoms with Gasteiger partial charge in [-0.25, -0.2) is 14.6 Å². The molecule has 0 unspecified atom stereocenters. The first-order chi connectivity index (χ1) is 17.8. The summed E-state index contributed by atoms with van der Waals surface area (Å²) in [6.07, 6.45) is 1.62. The molecule has 5 rings (SSSR count). The number of thioether (sulfide) groups is 1. The smallest absolute Gasteiger partial charge is 0.226 e. The van der Waals surface area contributed by atoms with Gasteiger partial charge in [-0.3, -0.25) is 4.79 Å². The normalized spacial score (nSPS) is 23.9. The summed E-state index contributed by atoms with van der Waals surface area (Å²) in [4.78, 5) is 22.6. The summed E-state index contributed by atoms with van der Waals surface area (Å²) in [7, 11) is 0. The van der Waals surface area contributed by atoms with Crippen molar-refractivity contribution in [1.82, 2.24) is 30.3 Å². The first-order valence-corrected chi connectivity index (χ1v) is 14.0. The van der Waals surface area contributed by atoms with Crippen LogP contribution in [-0.2, 0) is 11.2 Å². The Bertz CT molecular complexity index is 1250. The molecule has 2 aliphatic carbocycles. The molecule has 4 N–H and O–H groups in total. The number of aliphatic hydroxyl groups excluding tert-OH is 2. The summed E-state index contributed by atoms with van der Waals surface area (Å²) >= 11 is 1.56. The zero-order valence-electron chi connectivity index (χ0n) is 21.5. The molecular formula is C26H35N7O3S. The van der Waals surface area contributed by atoms with Crippen LogP contribution in [0, 0.1) is 5.92 Å². The molecule has 1 amide bonds. The Labute approximate surface area is 220 Å². The summed E-state index contributed by atoms with van der Waals surface area (Å²) in [6, 6.07) is 9.68. The number of hydrogen-bond acceptors (Lipinski definition) is 9. The maximum atomic E-state index is 13.3. The zero-order chi connectivity index (χ0) is 26.2. The lowest BCUT2D eigenvalue weighted by Crippen LogP contribution is -2.49. The van der Waals surface area contributed by atoms with Crippen molar-refractivity contribution in [3.63, 3.8) is 0 Å². The van der Waals surface area contributed by atoms with Crippen molar-refractivity contribution < 1.29 is 15.0 Å². The van der Waals surface area contributed by atoms with Gasteiger partial charge in [0.25, 0.3) is 0 Å². The van der Waals surface area contributed by atoms with Crippen LogP contribution in [0.1, 0.15) is 58.1 Å². The van der Waals surface area contributed by atoms with E-state index in [4.69, 9.17) is 4.98 Å². The lowest BCUT2D eigenvalue weighted by atomic mass is 9.93. The number of aliphatic hydroxyl groups is 2. The highest BCUT2D eigenvalue weighted by atomic mass is 32.2. The van der Waals surface area contributed by atoms with Crippen LogP contribution >= 0.6 is 11.8 Å². The summed E-state index contributed by atoms with van der Waals surface area (Å²) in [5, 5.41) is 37.6. The Morgan fingerprint density at radius 2 is 1.92 bits per heavy atom. The number of carbonyl (C=O) groups excluding carboxylic acids is 1. The minimum atomic E-state index is -1.23. The van der Waals surface area contributed by atoms with Crippen molar-refractivity contribution in [1.29, 1.82) is 0 Å². The van der Waals surface area contributed by atoms with E-state index in [1.807, 2.05) is 44.2 Å². The van der Waals surface area contributed by atoms with Crippen LogP contribution in [0.3, 0.4) is 0 Å². The molecule has 0 spiro atoms. The molecule has 0 aliphatic heterocycles. The van der Waals surface area contributed by atoms with Crippen molar-refractivity contribution in [2.45, 2.75) is 87.9 Å². The highest BCUT2D eigenvalue weighted by Crippen LogP contribution is 2.38. The fourth-order valence-corrected chi connectivity index (χ4v) is 5.59. The summed E-state index contributed by atoms with van der Waals surface area (Å²) in [5.74, 6) is 0.447. The van der Waals surface area contributed by atoms with E-state index < -0.39 is 29.7 Å². The second kappa shape index (κ2) is 10.5. The van der Waals surface area contributed by atoms with E-state index >= 15 is 0 Å². The van der Waals surface area contributed by atoms with Gasteiger partial charge in [0.15, 0.2) is 22.1 Å². The zero-order valence-corrected chi connectivity index (χ0v) is 22.3. The second-order valence-corrected chi connectivity index (χ2v) is 11.8. The van der Waals surface area contributed by atoms with Crippen molar-refractivity contribution in [2.24, 2.45) is 5.92 Å². The van der Waals surface area contributed by atoms with Crippen LogP contribution in [0.5, 0.6) is 0 Å². The average Bonchev–Trinajstić information content (AvgIpc) is 3.50. The molecule has 2 aromatic heterocycles. The van der Waals surface area contributed by atoms with E-state index in [2.05, 4.69) is 32.9 Å². The van der Waals surface area contributed by atoms with Gasteiger partial charge in [-0.05, 0) is 51.5 Å². The molecule has 2 aliphatic rings. The Morgan fingerprint density at radius 3 is 2.62 bits per heavy atom. The second-order valence-electron chi connectivity index (χ2n) is 10.8. The van der Waals surface area contributed by atoms with Gasteiger partial charge in [0.1, 0.15) is 6.10 Å². The topological polar surface area (TPSA) is 138 Å². The van der Waals surface area contributed by atoms with Gasteiger partial charge < -0.3 is 20.8 Å². The standard InChI is InChI=1S/C26H35N7O3S/c1-4-12-37-25-28-22(27-16-10-11-16)19-23(29-25)33(32-31-19)18-13-17(20(34)21(18)35)24(36)30-26(2,3)14-15-8-6-5-7-9-15/h5-9,16-18,20-21,34-35H,4,10-14H2,1-3H3,(H,30,36)(H,27,28,29)/t17-,18-,20-,21+/m1/s1. The molecule has 0 radical (unpaired) electrons. The number of fused-ring (bicyclic) bond motifs is 1. The van der Waals surface area contributed by atoms with Gasteiger partial charge in [0, 0.05) is 17.3 Å². The fraction of sp³-hybridized carbons (Fsp3) is 0.577. The lowest BCUT2D eigenvalue weighted by Gasteiger charge is -2.29. The van der Waals surface area contributed by atoms with Gasteiger partial charge in [0.05, 0.1) is 18.1 Å². The van der Waals surface area contributed by atoms with E-state index in [1.165, 1.54) is 0 Å². The number of aromatic nitrogens is 5.